The van der Waals surface area contributed by atoms with E-state index in [1.165, 1.54) is 12.8 Å². The molecule has 2 heteroatoms. The molecule has 104 valence electrons. The van der Waals surface area contributed by atoms with Crippen molar-refractivity contribution in [1.82, 2.24) is 4.90 Å². The van der Waals surface area contributed by atoms with E-state index in [2.05, 4.69) is 53.4 Å². The van der Waals surface area contributed by atoms with Gasteiger partial charge in [0.15, 0.2) is 0 Å². The predicted molar refractivity (Wildman–Crippen MR) is 78.2 cm³/mol. The SMILES string of the molecule is CCC(CC)N(CC(C)C)CC(N)C(C)(C)C. The summed E-state index contributed by atoms with van der Waals surface area (Å²) in [5, 5.41) is 0. The molecule has 0 aliphatic rings. The van der Waals surface area contributed by atoms with Gasteiger partial charge in [-0.25, -0.2) is 0 Å². The highest BCUT2D eigenvalue weighted by atomic mass is 15.2. The fourth-order valence-electron chi connectivity index (χ4n) is 2.17. The second-order valence-electron chi connectivity index (χ2n) is 6.79. The molecule has 0 amide bonds. The molecule has 0 saturated carbocycles. The lowest BCUT2D eigenvalue weighted by Gasteiger charge is -2.37. The number of rotatable bonds is 7. The summed E-state index contributed by atoms with van der Waals surface area (Å²) >= 11 is 0. The highest BCUT2D eigenvalue weighted by molar-refractivity contribution is 4.83. The maximum Gasteiger partial charge on any atom is 0.0217 e. The first-order valence-corrected chi connectivity index (χ1v) is 7.21. The van der Waals surface area contributed by atoms with Gasteiger partial charge in [0.1, 0.15) is 0 Å². The predicted octanol–water partition coefficient (Wildman–Crippen LogP) is 3.51. The average Bonchev–Trinajstić information content (AvgIpc) is 2.16. The van der Waals surface area contributed by atoms with E-state index in [1.807, 2.05) is 0 Å². The number of nitrogens with two attached hydrogens (primary N) is 1. The Kier molecular flexibility index (Phi) is 7.34. The van der Waals surface area contributed by atoms with E-state index in [0.717, 1.165) is 13.1 Å². The maximum atomic E-state index is 6.33. The van der Waals surface area contributed by atoms with Gasteiger partial charge in [0.2, 0.25) is 0 Å². The second-order valence-corrected chi connectivity index (χ2v) is 6.79. The smallest absolute Gasteiger partial charge is 0.0217 e. The monoisotopic (exact) mass is 242 g/mol. The molecular weight excluding hydrogens is 208 g/mol. The largest absolute Gasteiger partial charge is 0.326 e. The molecule has 1 atom stereocenters. The molecular formula is C15H34N2. The fraction of sp³-hybridized carbons (Fsp3) is 1.00. The summed E-state index contributed by atoms with van der Waals surface area (Å²) in [6.45, 7) is 18.0. The first-order chi connectivity index (χ1) is 7.72. The Morgan fingerprint density at radius 2 is 1.47 bits per heavy atom. The van der Waals surface area contributed by atoms with Crippen LogP contribution in [0, 0.1) is 11.3 Å². The normalized spacial score (nSPS) is 15.0. The van der Waals surface area contributed by atoms with Crippen LogP contribution in [0.25, 0.3) is 0 Å². The van der Waals surface area contributed by atoms with Crippen molar-refractivity contribution in [3.8, 4) is 0 Å². The summed E-state index contributed by atoms with van der Waals surface area (Å²) in [4.78, 5) is 2.60. The molecule has 2 nitrogen and oxygen atoms in total. The summed E-state index contributed by atoms with van der Waals surface area (Å²) in [5.41, 5.74) is 6.53. The van der Waals surface area contributed by atoms with Gasteiger partial charge < -0.3 is 5.73 Å². The van der Waals surface area contributed by atoms with Crippen LogP contribution in [0.15, 0.2) is 0 Å². The highest BCUT2D eigenvalue weighted by Crippen LogP contribution is 2.20. The summed E-state index contributed by atoms with van der Waals surface area (Å²) in [6.07, 6.45) is 2.44. The van der Waals surface area contributed by atoms with Crippen LogP contribution in [0.1, 0.15) is 61.3 Å². The van der Waals surface area contributed by atoms with E-state index in [4.69, 9.17) is 5.73 Å². The van der Waals surface area contributed by atoms with E-state index in [-0.39, 0.29) is 11.5 Å². The molecule has 17 heavy (non-hydrogen) atoms. The highest BCUT2D eigenvalue weighted by Gasteiger charge is 2.25. The van der Waals surface area contributed by atoms with E-state index in [0.29, 0.717) is 12.0 Å². The third-order valence-electron chi connectivity index (χ3n) is 3.60. The molecule has 0 radical (unpaired) electrons. The Hall–Kier alpha value is -0.0800. The van der Waals surface area contributed by atoms with Crippen molar-refractivity contribution in [3.05, 3.63) is 0 Å². The lowest BCUT2D eigenvalue weighted by molar-refractivity contribution is 0.129. The molecule has 0 fully saturated rings. The second kappa shape index (κ2) is 7.38. The molecule has 0 aliphatic carbocycles. The third kappa shape index (κ3) is 6.42. The number of hydrogen-bond donors (Lipinski definition) is 1. The van der Waals surface area contributed by atoms with Gasteiger partial charge in [-0.15, -0.1) is 0 Å². The minimum Gasteiger partial charge on any atom is -0.326 e. The average molecular weight is 242 g/mol. The van der Waals surface area contributed by atoms with Gasteiger partial charge in [0, 0.05) is 25.2 Å². The lowest BCUT2D eigenvalue weighted by Crippen LogP contribution is -2.49. The number of nitrogens with zero attached hydrogens (tertiary/aromatic N) is 1. The minimum absolute atomic E-state index is 0.196. The molecule has 0 rings (SSSR count). The molecule has 0 bridgehead atoms. The lowest BCUT2D eigenvalue weighted by atomic mass is 9.86. The minimum atomic E-state index is 0.196. The molecule has 0 aromatic carbocycles. The summed E-state index contributed by atoms with van der Waals surface area (Å²) in [5.74, 6) is 0.711. The van der Waals surface area contributed by atoms with Gasteiger partial charge in [-0.05, 0) is 24.2 Å². The number of hydrogen-bond acceptors (Lipinski definition) is 2. The zero-order valence-corrected chi connectivity index (χ0v) is 13.1. The van der Waals surface area contributed by atoms with Crippen molar-refractivity contribution < 1.29 is 0 Å². The van der Waals surface area contributed by atoms with Gasteiger partial charge in [-0.3, -0.25) is 4.90 Å². The van der Waals surface area contributed by atoms with Crippen LogP contribution in [0.5, 0.6) is 0 Å². The van der Waals surface area contributed by atoms with E-state index in [9.17, 15) is 0 Å². The molecule has 0 saturated heterocycles. The van der Waals surface area contributed by atoms with Crippen molar-refractivity contribution in [3.63, 3.8) is 0 Å². The van der Waals surface area contributed by atoms with Crippen LogP contribution < -0.4 is 5.73 Å². The van der Waals surface area contributed by atoms with Crippen molar-refractivity contribution in [2.45, 2.75) is 73.4 Å². The van der Waals surface area contributed by atoms with Gasteiger partial charge in [-0.1, -0.05) is 48.5 Å². The Morgan fingerprint density at radius 3 is 1.76 bits per heavy atom. The third-order valence-corrected chi connectivity index (χ3v) is 3.60. The summed E-state index contributed by atoms with van der Waals surface area (Å²) in [7, 11) is 0. The first kappa shape index (κ1) is 16.9. The quantitative estimate of drug-likeness (QED) is 0.740. The zero-order chi connectivity index (χ0) is 13.6. The first-order valence-electron chi connectivity index (χ1n) is 7.21. The topological polar surface area (TPSA) is 29.3 Å². The van der Waals surface area contributed by atoms with Crippen LogP contribution in [-0.4, -0.2) is 30.1 Å². The fourth-order valence-corrected chi connectivity index (χ4v) is 2.17. The molecule has 0 aliphatic heterocycles. The molecule has 0 heterocycles. The van der Waals surface area contributed by atoms with E-state index in [1.54, 1.807) is 0 Å². The van der Waals surface area contributed by atoms with Crippen LogP contribution in [0.4, 0.5) is 0 Å². The van der Waals surface area contributed by atoms with Crippen LogP contribution in [-0.2, 0) is 0 Å². The zero-order valence-electron chi connectivity index (χ0n) is 13.1. The van der Waals surface area contributed by atoms with Gasteiger partial charge in [-0.2, -0.15) is 0 Å². The van der Waals surface area contributed by atoms with Gasteiger partial charge >= 0.3 is 0 Å². The Labute approximate surface area is 109 Å². The van der Waals surface area contributed by atoms with Crippen LogP contribution >= 0.6 is 0 Å². The maximum absolute atomic E-state index is 6.33. The standard InChI is InChI=1S/C15H34N2/c1-8-13(9-2)17(10-12(3)4)11-14(16)15(5,6)7/h12-14H,8-11,16H2,1-7H3. The van der Waals surface area contributed by atoms with Gasteiger partial charge in [0.05, 0.1) is 0 Å². The van der Waals surface area contributed by atoms with E-state index >= 15 is 0 Å². The van der Waals surface area contributed by atoms with Crippen molar-refractivity contribution in [1.29, 1.82) is 0 Å². The molecule has 0 aromatic rings. The van der Waals surface area contributed by atoms with Crippen molar-refractivity contribution in [2.24, 2.45) is 17.1 Å². The Balaban J connectivity index is 4.58. The van der Waals surface area contributed by atoms with Crippen LogP contribution in [0.2, 0.25) is 0 Å². The van der Waals surface area contributed by atoms with Crippen molar-refractivity contribution >= 4 is 0 Å². The molecule has 2 N–H and O–H groups in total. The van der Waals surface area contributed by atoms with Crippen molar-refractivity contribution in [2.75, 3.05) is 13.1 Å². The van der Waals surface area contributed by atoms with E-state index < -0.39 is 0 Å². The van der Waals surface area contributed by atoms with Gasteiger partial charge in [0.25, 0.3) is 0 Å². The Bertz CT molecular complexity index is 190. The molecule has 0 aromatic heterocycles. The molecule has 1 unspecified atom stereocenters. The van der Waals surface area contributed by atoms with Crippen LogP contribution in [0.3, 0.4) is 0 Å². The Morgan fingerprint density at radius 1 is 1.00 bits per heavy atom. The summed E-state index contributed by atoms with van der Waals surface area (Å²) < 4.78 is 0. The molecule has 0 spiro atoms. The summed E-state index contributed by atoms with van der Waals surface area (Å²) in [6, 6.07) is 0.938.